The average Bonchev–Trinajstić information content (AvgIpc) is 2.96. The van der Waals surface area contributed by atoms with Crippen LogP contribution in [0.5, 0.6) is 0 Å². The molecule has 0 amide bonds. The summed E-state index contributed by atoms with van der Waals surface area (Å²) in [6.07, 6.45) is 0. The Kier molecular flexibility index (Phi) is 3.43. The zero-order valence-corrected chi connectivity index (χ0v) is 12.9. The van der Waals surface area contributed by atoms with E-state index in [1.54, 1.807) is 25.1 Å². The standard InChI is InChI=1S/C13H14ClN3O3S/c1-8-13(21(18,19)20)10-6-9(14)2-3-11(10)17(8)7-12-15-4-5-16-12/h2-3,6H,4-5,7H2,1H3,(H,15,16)(H,18,19,20). The second-order valence-corrected chi connectivity index (χ2v) is 6.69. The summed E-state index contributed by atoms with van der Waals surface area (Å²) < 4.78 is 34.7. The van der Waals surface area contributed by atoms with Crippen LogP contribution in [0.25, 0.3) is 10.9 Å². The summed E-state index contributed by atoms with van der Waals surface area (Å²) in [6, 6.07) is 4.99. The van der Waals surface area contributed by atoms with Crippen LogP contribution in [-0.2, 0) is 16.7 Å². The van der Waals surface area contributed by atoms with Crippen molar-refractivity contribution >= 4 is 38.5 Å². The predicted molar refractivity (Wildman–Crippen MR) is 81.8 cm³/mol. The Morgan fingerprint density at radius 1 is 1.48 bits per heavy atom. The van der Waals surface area contributed by atoms with Crippen LogP contribution in [0.4, 0.5) is 0 Å². The molecular weight excluding hydrogens is 314 g/mol. The summed E-state index contributed by atoms with van der Waals surface area (Å²) in [5, 5.41) is 3.98. The number of aromatic nitrogens is 1. The average molecular weight is 328 g/mol. The number of fused-ring (bicyclic) bond motifs is 1. The lowest BCUT2D eigenvalue weighted by atomic mass is 10.2. The maximum Gasteiger partial charge on any atom is 0.296 e. The first-order valence-electron chi connectivity index (χ1n) is 6.41. The Hall–Kier alpha value is -1.57. The van der Waals surface area contributed by atoms with Gasteiger partial charge in [-0.05, 0) is 25.1 Å². The van der Waals surface area contributed by atoms with Crippen molar-refractivity contribution in [3.63, 3.8) is 0 Å². The number of rotatable bonds is 3. The highest BCUT2D eigenvalue weighted by Crippen LogP contribution is 2.31. The van der Waals surface area contributed by atoms with Crippen molar-refractivity contribution in [1.29, 1.82) is 0 Å². The van der Waals surface area contributed by atoms with Crippen LogP contribution in [0.3, 0.4) is 0 Å². The molecule has 0 fully saturated rings. The Bertz CT molecular complexity index is 855. The van der Waals surface area contributed by atoms with Crippen LogP contribution in [-0.4, -0.2) is 36.5 Å². The van der Waals surface area contributed by atoms with E-state index in [0.717, 1.165) is 12.4 Å². The molecule has 2 aromatic rings. The molecule has 1 aromatic heterocycles. The summed E-state index contributed by atoms with van der Waals surface area (Å²) in [5.41, 5.74) is 1.16. The minimum absolute atomic E-state index is 0.0985. The van der Waals surface area contributed by atoms with Crippen molar-refractivity contribution in [3.05, 3.63) is 28.9 Å². The van der Waals surface area contributed by atoms with Crippen molar-refractivity contribution < 1.29 is 13.0 Å². The molecule has 0 saturated carbocycles. The minimum Gasteiger partial charge on any atom is -0.370 e. The topological polar surface area (TPSA) is 83.7 Å². The van der Waals surface area contributed by atoms with E-state index in [1.165, 1.54) is 0 Å². The summed E-state index contributed by atoms with van der Waals surface area (Å²) in [5.74, 6) is 0.798. The molecule has 112 valence electrons. The molecule has 6 nitrogen and oxygen atoms in total. The lowest BCUT2D eigenvalue weighted by Gasteiger charge is -2.09. The van der Waals surface area contributed by atoms with Gasteiger partial charge >= 0.3 is 0 Å². The third kappa shape index (κ3) is 2.52. The highest BCUT2D eigenvalue weighted by Gasteiger charge is 2.24. The first-order valence-corrected chi connectivity index (χ1v) is 8.23. The van der Waals surface area contributed by atoms with Gasteiger partial charge in [0.05, 0.1) is 18.6 Å². The lowest BCUT2D eigenvalue weighted by molar-refractivity contribution is 0.483. The number of aliphatic imine (C=N–C) groups is 1. The van der Waals surface area contributed by atoms with Crippen molar-refractivity contribution in [1.82, 2.24) is 9.88 Å². The summed E-state index contributed by atoms with van der Waals surface area (Å²) >= 11 is 5.95. The summed E-state index contributed by atoms with van der Waals surface area (Å²) in [6.45, 7) is 3.58. The van der Waals surface area contributed by atoms with E-state index in [-0.39, 0.29) is 4.90 Å². The van der Waals surface area contributed by atoms with E-state index < -0.39 is 10.1 Å². The predicted octanol–water partition coefficient (Wildman–Crippen LogP) is 1.85. The fourth-order valence-electron chi connectivity index (χ4n) is 2.66. The molecule has 0 bridgehead atoms. The van der Waals surface area contributed by atoms with Gasteiger partial charge in [-0.1, -0.05) is 11.6 Å². The third-order valence-electron chi connectivity index (χ3n) is 3.54. The van der Waals surface area contributed by atoms with E-state index in [4.69, 9.17) is 11.6 Å². The van der Waals surface area contributed by atoms with Gasteiger partial charge in [-0.3, -0.25) is 9.55 Å². The molecule has 3 rings (SSSR count). The first-order chi connectivity index (χ1) is 9.88. The van der Waals surface area contributed by atoms with Gasteiger partial charge in [0.2, 0.25) is 0 Å². The van der Waals surface area contributed by atoms with Gasteiger partial charge in [-0.25, -0.2) is 0 Å². The molecule has 0 aliphatic carbocycles. The van der Waals surface area contributed by atoms with Crippen molar-refractivity contribution in [2.24, 2.45) is 4.99 Å². The number of nitrogens with zero attached hydrogens (tertiary/aromatic N) is 2. The van der Waals surface area contributed by atoms with Gasteiger partial charge in [-0.15, -0.1) is 0 Å². The number of nitrogens with one attached hydrogen (secondary N) is 1. The Labute approximate surface area is 127 Å². The van der Waals surface area contributed by atoms with Crippen LogP contribution in [0.1, 0.15) is 5.69 Å². The molecule has 2 heterocycles. The summed E-state index contributed by atoms with van der Waals surface area (Å²) in [7, 11) is -4.33. The van der Waals surface area contributed by atoms with Gasteiger partial charge in [0, 0.05) is 22.6 Å². The molecule has 2 N–H and O–H groups in total. The smallest absolute Gasteiger partial charge is 0.296 e. The SMILES string of the molecule is Cc1c(S(=O)(=O)O)c2cc(Cl)ccc2n1CC1=NCCN1. The molecule has 0 saturated heterocycles. The van der Waals surface area contributed by atoms with E-state index in [9.17, 15) is 13.0 Å². The van der Waals surface area contributed by atoms with Gasteiger partial charge in [0.1, 0.15) is 10.7 Å². The van der Waals surface area contributed by atoms with Gasteiger partial charge in [-0.2, -0.15) is 8.42 Å². The summed E-state index contributed by atoms with van der Waals surface area (Å²) in [4.78, 5) is 4.22. The number of hydrogen-bond donors (Lipinski definition) is 2. The van der Waals surface area contributed by atoms with Crippen molar-refractivity contribution in [2.75, 3.05) is 13.1 Å². The van der Waals surface area contributed by atoms with E-state index in [1.807, 2.05) is 4.57 Å². The largest absolute Gasteiger partial charge is 0.370 e. The zero-order valence-electron chi connectivity index (χ0n) is 11.3. The van der Waals surface area contributed by atoms with E-state index >= 15 is 0 Å². The number of amidine groups is 1. The first kappa shape index (κ1) is 14.4. The number of halogens is 1. The molecule has 0 spiro atoms. The maximum absolute atomic E-state index is 11.7. The van der Waals surface area contributed by atoms with E-state index in [0.29, 0.717) is 34.7 Å². The molecule has 8 heteroatoms. The Morgan fingerprint density at radius 3 is 2.86 bits per heavy atom. The molecule has 21 heavy (non-hydrogen) atoms. The fraction of sp³-hybridized carbons (Fsp3) is 0.308. The van der Waals surface area contributed by atoms with Crippen LogP contribution < -0.4 is 5.32 Å². The lowest BCUT2D eigenvalue weighted by Crippen LogP contribution is -2.24. The second-order valence-electron chi connectivity index (χ2n) is 4.89. The quantitative estimate of drug-likeness (QED) is 0.843. The van der Waals surface area contributed by atoms with Crippen LogP contribution in [0.15, 0.2) is 28.1 Å². The molecular formula is C13H14ClN3O3S. The number of benzene rings is 1. The molecule has 1 aliphatic rings. The fourth-order valence-corrected chi connectivity index (χ4v) is 3.75. The zero-order chi connectivity index (χ0) is 15.2. The van der Waals surface area contributed by atoms with Crippen LogP contribution >= 0.6 is 11.6 Å². The molecule has 0 radical (unpaired) electrons. The van der Waals surface area contributed by atoms with Crippen molar-refractivity contribution in [3.8, 4) is 0 Å². The third-order valence-corrected chi connectivity index (χ3v) is 4.80. The Morgan fingerprint density at radius 2 is 2.24 bits per heavy atom. The highest BCUT2D eigenvalue weighted by molar-refractivity contribution is 7.86. The maximum atomic E-state index is 11.7. The number of hydrogen-bond acceptors (Lipinski definition) is 4. The normalized spacial score (nSPS) is 15.3. The van der Waals surface area contributed by atoms with Crippen molar-refractivity contribution in [2.45, 2.75) is 18.4 Å². The molecule has 1 aromatic carbocycles. The molecule has 1 aliphatic heterocycles. The Balaban J connectivity index is 2.27. The van der Waals surface area contributed by atoms with Gasteiger partial charge in [0.15, 0.2) is 0 Å². The second kappa shape index (κ2) is 5.01. The monoisotopic (exact) mass is 327 g/mol. The van der Waals surface area contributed by atoms with Gasteiger partial charge < -0.3 is 9.88 Å². The van der Waals surface area contributed by atoms with Crippen LogP contribution in [0.2, 0.25) is 5.02 Å². The van der Waals surface area contributed by atoms with E-state index in [2.05, 4.69) is 10.3 Å². The van der Waals surface area contributed by atoms with Gasteiger partial charge in [0.25, 0.3) is 10.1 Å². The molecule has 0 unspecified atom stereocenters. The molecule has 0 atom stereocenters. The highest BCUT2D eigenvalue weighted by atomic mass is 35.5. The minimum atomic E-state index is -4.33. The van der Waals surface area contributed by atoms with Crippen LogP contribution in [0, 0.1) is 6.92 Å².